The number of methoxy groups -OCH3 is 1. The summed E-state index contributed by atoms with van der Waals surface area (Å²) >= 11 is 7.36. The van der Waals surface area contributed by atoms with Crippen molar-refractivity contribution >= 4 is 22.9 Å². The summed E-state index contributed by atoms with van der Waals surface area (Å²) in [5, 5.41) is 5.58. The Labute approximate surface area is 121 Å². The molecule has 5 heteroatoms. The quantitative estimate of drug-likeness (QED) is 0.899. The molecule has 1 atom stereocenters. The van der Waals surface area contributed by atoms with E-state index in [4.69, 9.17) is 16.3 Å². The van der Waals surface area contributed by atoms with Gasteiger partial charge in [0, 0.05) is 11.1 Å². The molecule has 0 aliphatic carbocycles. The van der Waals surface area contributed by atoms with Gasteiger partial charge in [-0.25, -0.2) is 4.39 Å². The number of thiophene rings is 1. The van der Waals surface area contributed by atoms with Gasteiger partial charge in [-0.3, -0.25) is 0 Å². The van der Waals surface area contributed by atoms with Gasteiger partial charge in [-0.15, -0.1) is 11.3 Å². The Hall–Kier alpha value is -1.10. The van der Waals surface area contributed by atoms with Crippen molar-refractivity contribution in [2.45, 2.75) is 12.5 Å². The molecule has 0 aliphatic rings. The molecule has 0 fully saturated rings. The first-order valence-electron chi connectivity index (χ1n) is 5.88. The average molecular weight is 300 g/mol. The van der Waals surface area contributed by atoms with Gasteiger partial charge in [0.25, 0.3) is 0 Å². The van der Waals surface area contributed by atoms with Crippen LogP contribution in [0.15, 0.2) is 29.6 Å². The van der Waals surface area contributed by atoms with Crippen molar-refractivity contribution in [2.75, 3.05) is 14.2 Å². The highest BCUT2D eigenvalue weighted by Gasteiger charge is 2.18. The normalized spacial score (nSPS) is 12.4. The molecule has 0 saturated heterocycles. The highest BCUT2D eigenvalue weighted by atomic mass is 35.5. The van der Waals surface area contributed by atoms with Gasteiger partial charge in [0.15, 0.2) is 0 Å². The van der Waals surface area contributed by atoms with Crippen LogP contribution in [0.4, 0.5) is 4.39 Å². The summed E-state index contributed by atoms with van der Waals surface area (Å²) in [5.74, 6) is 0.557. The summed E-state index contributed by atoms with van der Waals surface area (Å²) in [7, 11) is 3.50. The molecule has 2 aromatic rings. The summed E-state index contributed by atoms with van der Waals surface area (Å²) < 4.78 is 19.1. The van der Waals surface area contributed by atoms with E-state index in [1.165, 1.54) is 6.07 Å². The molecule has 1 heterocycles. The van der Waals surface area contributed by atoms with E-state index in [2.05, 4.69) is 5.32 Å². The van der Waals surface area contributed by atoms with Crippen molar-refractivity contribution in [1.29, 1.82) is 0 Å². The van der Waals surface area contributed by atoms with Gasteiger partial charge in [-0.1, -0.05) is 17.7 Å². The zero-order valence-corrected chi connectivity index (χ0v) is 12.3. The molecule has 1 unspecified atom stereocenters. The summed E-state index contributed by atoms with van der Waals surface area (Å²) in [5.41, 5.74) is 0.638. The maximum absolute atomic E-state index is 13.8. The molecule has 1 N–H and O–H groups in total. The molecule has 2 nitrogen and oxygen atoms in total. The minimum atomic E-state index is -0.275. The zero-order valence-electron chi connectivity index (χ0n) is 10.7. The Morgan fingerprint density at radius 2 is 2.21 bits per heavy atom. The molecule has 1 aromatic carbocycles. The minimum Gasteiger partial charge on any atom is -0.496 e. The molecule has 102 valence electrons. The first-order chi connectivity index (χ1) is 9.15. The molecule has 0 amide bonds. The molecule has 0 aliphatic heterocycles. The molecular formula is C14H15ClFNOS. The van der Waals surface area contributed by atoms with Crippen LogP contribution in [-0.2, 0) is 6.42 Å². The van der Waals surface area contributed by atoms with E-state index in [0.29, 0.717) is 17.0 Å². The van der Waals surface area contributed by atoms with E-state index in [9.17, 15) is 4.39 Å². The van der Waals surface area contributed by atoms with E-state index >= 15 is 0 Å². The lowest BCUT2D eigenvalue weighted by Gasteiger charge is -2.16. The summed E-state index contributed by atoms with van der Waals surface area (Å²) in [6.45, 7) is 0. The minimum absolute atomic E-state index is 0.0191. The Morgan fingerprint density at radius 3 is 2.84 bits per heavy atom. The molecule has 1 aromatic heterocycles. The van der Waals surface area contributed by atoms with Crippen molar-refractivity contribution in [2.24, 2.45) is 0 Å². The second-order valence-electron chi connectivity index (χ2n) is 4.13. The van der Waals surface area contributed by atoms with Crippen LogP contribution in [-0.4, -0.2) is 14.2 Å². The third-order valence-corrected chi connectivity index (χ3v) is 4.23. The number of nitrogens with one attached hydrogen (secondary N) is 1. The number of halogens is 2. The third-order valence-electron chi connectivity index (χ3n) is 2.98. The van der Waals surface area contributed by atoms with Crippen molar-refractivity contribution < 1.29 is 9.13 Å². The second-order valence-corrected chi connectivity index (χ2v) is 5.52. The highest BCUT2D eigenvalue weighted by molar-refractivity contribution is 7.10. The van der Waals surface area contributed by atoms with Crippen LogP contribution >= 0.6 is 22.9 Å². The number of likely N-dealkylation sites (N-methyl/N-ethyl adjacent to an activating group) is 1. The fraction of sp³-hybridized carbons (Fsp3) is 0.286. The fourth-order valence-corrected chi connectivity index (χ4v) is 3.09. The standard InChI is InChI=1S/C14H15ClFNOS/c1-17-12(14-13(18-2)5-6-19-14)7-9-3-4-10(15)8-11(9)16/h3-6,8,12,17H,7H2,1-2H3. The smallest absolute Gasteiger partial charge is 0.134 e. The summed E-state index contributed by atoms with van der Waals surface area (Å²) in [6.07, 6.45) is 0.552. The molecular weight excluding hydrogens is 285 g/mol. The lowest BCUT2D eigenvalue weighted by atomic mass is 10.0. The van der Waals surface area contributed by atoms with E-state index in [1.54, 1.807) is 30.6 Å². The maximum Gasteiger partial charge on any atom is 0.134 e. The van der Waals surface area contributed by atoms with Gasteiger partial charge in [-0.05, 0) is 42.6 Å². The third kappa shape index (κ3) is 3.26. The fourth-order valence-electron chi connectivity index (χ4n) is 1.96. The molecule has 0 radical (unpaired) electrons. The maximum atomic E-state index is 13.8. The number of benzene rings is 1. The highest BCUT2D eigenvalue weighted by Crippen LogP contribution is 2.33. The van der Waals surface area contributed by atoms with Crippen LogP contribution in [0, 0.1) is 5.82 Å². The van der Waals surface area contributed by atoms with Crippen LogP contribution in [0.2, 0.25) is 5.02 Å². The first-order valence-corrected chi connectivity index (χ1v) is 7.14. The largest absolute Gasteiger partial charge is 0.496 e. The van der Waals surface area contributed by atoms with E-state index in [1.807, 2.05) is 18.5 Å². The molecule has 19 heavy (non-hydrogen) atoms. The van der Waals surface area contributed by atoms with Gasteiger partial charge >= 0.3 is 0 Å². The predicted octanol–water partition coefficient (Wildman–Crippen LogP) is 4.05. The second kappa shape index (κ2) is 6.37. The van der Waals surface area contributed by atoms with Crippen molar-refractivity contribution in [1.82, 2.24) is 5.32 Å². The summed E-state index contributed by atoms with van der Waals surface area (Å²) in [4.78, 5) is 1.07. The van der Waals surface area contributed by atoms with Gasteiger partial charge in [0.1, 0.15) is 11.6 Å². The van der Waals surface area contributed by atoms with Crippen molar-refractivity contribution in [3.63, 3.8) is 0 Å². The number of rotatable bonds is 5. The van der Waals surface area contributed by atoms with Crippen molar-refractivity contribution in [3.05, 3.63) is 50.9 Å². The Bertz CT molecular complexity index is 558. The number of hydrogen-bond acceptors (Lipinski definition) is 3. The summed E-state index contributed by atoms with van der Waals surface area (Å²) in [6, 6.07) is 6.71. The van der Waals surface area contributed by atoms with Crippen LogP contribution in [0.5, 0.6) is 5.75 Å². The number of ether oxygens (including phenoxy) is 1. The zero-order chi connectivity index (χ0) is 13.8. The Kier molecular flexibility index (Phi) is 4.80. The topological polar surface area (TPSA) is 21.3 Å². The van der Waals surface area contributed by atoms with Crippen LogP contribution in [0.1, 0.15) is 16.5 Å². The first kappa shape index (κ1) is 14.3. The van der Waals surface area contributed by atoms with Gasteiger partial charge in [0.2, 0.25) is 0 Å². The molecule has 0 saturated carbocycles. The SMILES string of the molecule is CNC(Cc1ccc(Cl)cc1F)c1sccc1OC. The monoisotopic (exact) mass is 299 g/mol. The number of hydrogen-bond donors (Lipinski definition) is 1. The molecule has 0 spiro atoms. The average Bonchev–Trinajstić information content (AvgIpc) is 2.86. The van der Waals surface area contributed by atoms with Gasteiger partial charge in [0.05, 0.1) is 12.0 Å². The Balaban J connectivity index is 2.24. The van der Waals surface area contributed by atoms with E-state index < -0.39 is 0 Å². The van der Waals surface area contributed by atoms with Crippen LogP contribution in [0.3, 0.4) is 0 Å². The predicted molar refractivity (Wildman–Crippen MR) is 77.8 cm³/mol. The van der Waals surface area contributed by atoms with E-state index in [0.717, 1.165) is 10.6 Å². The molecule has 0 bridgehead atoms. The lowest BCUT2D eigenvalue weighted by molar-refractivity contribution is 0.404. The lowest BCUT2D eigenvalue weighted by Crippen LogP contribution is -2.18. The van der Waals surface area contributed by atoms with Gasteiger partial charge < -0.3 is 10.1 Å². The van der Waals surface area contributed by atoms with Crippen LogP contribution in [0.25, 0.3) is 0 Å². The van der Waals surface area contributed by atoms with Crippen LogP contribution < -0.4 is 10.1 Å². The molecule has 2 rings (SSSR count). The van der Waals surface area contributed by atoms with E-state index in [-0.39, 0.29) is 11.9 Å². The van der Waals surface area contributed by atoms with Gasteiger partial charge in [-0.2, -0.15) is 0 Å². The Morgan fingerprint density at radius 1 is 1.42 bits per heavy atom. The van der Waals surface area contributed by atoms with Crippen molar-refractivity contribution in [3.8, 4) is 5.75 Å².